The summed E-state index contributed by atoms with van der Waals surface area (Å²) in [6.07, 6.45) is -1.38. The molecule has 1 aromatic carbocycles. The van der Waals surface area contributed by atoms with Gasteiger partial charge in [-0.1, -0.05) is 19.1 Å². The Labute approximate surface area is 151 Å². The van der Waals surface area contributed by atoms with E-state index in [1.165, 1.54) is 23.5 Å². The molecule has 0 amide bonds. The summed E-state index contributed by atoms with van der Waals surface area (Å²) in [6, 6.07) is 3.05. The number of hydroxylamine groups is 1. The number of hydrogen-bond donors (Lipinski definition) is 1. The normalized spacial score (nSPS) is 23.5. The van der Waals surface area contributed by atoms with Crippen molar-refractivity contribution in [1.82, 2.24) is 4.98 Å². The van der Waals surface area contributed by atoms with Gasteiger partial charge in [0.1, 0.15) is 12.1 Å². The van der Waals surface area contributed by atoms with E-state index >= 15 is 0 Å². The van der Waals surface area contributed by atoms with Crippen molar-refractivity contribution in [1.29, 1.82) is 0 Å². The van der Waals surface area contributed by atoms with Crippen LogP contribution in [-0.2, 0) is 10.9 Å². The first-order valence-corrected chi connectivity index (χ1v) is 8.83. The van der Waals surface area contributed by atoms with E-state index in [4.69, 9.17) is 4.74 Å². The molecule has 136 valence electrons. The molecule has 5 nitrogen and oxygen atoms in total. The maximum Gasteiger partial charge on any atom is 0.418 e. The number of aromatic nitrogens is 1. The highest BCUT2D eigenvalue weighted by molar-refractivity contribution is 7.13. The first kappa shape index (κ1) is 17.0. The number of hydrogen-bond acceptors (Lipinski definition) is 6. The fourth-order valence-corrected chi connectivity index (χ4v) is 3.76. The Morgan fingerprint density at radius 2 is 2.19 bits per heavy atom. The van der Waals surface area contributed by atoms with Crippen LogP contribution in [-0.4, -0.2) is 28.2 Å². The number of rotatable bonds is 2. The fraction of sp³-hybridized carbons (Fsp3) is 0.294. The second-order valence-corrected chi connectivity index (χ2v) is 6.80. The number of fused-ring (bicyclic) bond motifs is 2. The van der Waals surface area contributed by atoms with Crippen molar-refractivity contribution < 1.29 is 23.1 Å². The predicted molar refractivity (Wildman–Crippen MR) is 91.8 cm³/mol. The van der Waals surface area contributed by atoms with Gasteiger partial charge in [0, 0.05) is 22.7 Å². The Hall–Kier alpha value is -2.39. The molecule has 3 heterocycles. The lowest BCUT2D eigenvalue weighted by Crippen LogP contribution is -2.42. The topological polar surface area (TPSA) is 58.0 Å². The van der Waals surface area contributed by atoms with Crippen molar-refractivity contribution in [2.75, 3.05) is 5.06 Å². The van der Waals surface area contributed by atoms with Crippen LogP contribution in [0.1, 0.15) is 24.5 Å². The van der Waals surface area contributed by atoms with Crippen molar-refractivity contribution in [2.45, 2.75) is 31.7 Å². The number of benzene rings is 1. The van der Waals surface area contributed by atoms with Gasteiger partial charge in [-0.2, -0.15) is 18.2 Å². The zero-order chi connectivity index (χ0) is 18.5. The monoisotopic (exact) mass is 381 g/mol. The summed E-state index contributed by atoms with van der Waals surface area (Å²) in [5.74, 6) is 0.277. The second-order valence-electron chi connectivity index (χ2n) is 5.93. The van der Waals surface area contributed by atoms with Crippen LogP contribution in [0.25, 0.3) is 6.08 Å². The molecule has 2 aliphatic heterocycles. The van der Waals surface area contributed by atoms with Crippen molar-refractivity contribution in [2.24, 2.45) is 4.99 Å². The van der Waals surface area contributed by atoms with Gasteiger partial charge in [-0.3, -0.25) is 5.21 Å². The molecule has 0 spiro atoms. The molecular weight excluding hydrogens is 367 g/mol. The Morgan fingerprint density at radius 1 is 1.38 bits per heavy atom. The Morgan fingerprint density at radius 3 is 2.85 bits per heavy atom. The van der Waals surface area contributed by atoms with Crippen LogP contribution >= 0.6 is 11.3 Å². The largest absolute Gasteiger partial charge is 0.471 e. The van der Waals surface area contributed by atoms with Gasteiger partial charge in [0.2, 0.25) is 11.0 Å². The lowest BCUT2D eigenvalue weighted by atomic mass is 9.92. The quantitative estimate of drug-likeness (QED) is 0.822. The lowest BCUT2D eigenvalue weighted by molar-refractivity contribution is -0.137. The van der Waals surface area contributed by atoms with Gasteiger partial charge in [-0.25, -0.2) is 10.0 Å². The molecular formula is C17H14F3N3O2S. The molecule has 0 bridgehead atoms. The van der Waals surface area contributed by atoms with Crippen molar-refractivity contribution in [3.63, 3.8) is 0 Å². The molecule has 1 saturated heterocycles. The zero-order valence-corrected chi connectivity index (χ0v) is 14.4. The third kappa shape index (κ3) is 2.67. The highest BCUT2D eigenvalue weighted by Gasteiger charge is 2.47. The first-order valence-electron chi connectivity index (χ1n) is 7.95. The molecule has 2 atom stereocenters. The van der Waals surface area contributed by atoms with Crippen LogP contribution < -0.4 is 5.06 Å². The van der Waals surface area contributed by atoms with Gasteiger partial charge in [0.15, 0.2) is 0 Å². The third-order valence-electron chi connectivity index (χ3n) is 4.38. The van der Waals surface area contributed by atoms with E-state index in [1.807, 2.05) is 6.92 Å². The SMILES string of the molecule is CCC1O/C(=N/c2nccs2)C2=Cc3cccc(C(F)(F)F)c3N(O)C21. The summed E-state index contributed by atoms with van der Waals surface area (Å²) in [7, 11) is 0. The molecule has 1 aromatic heterocycles. The number of anilines is 1. The fourth-order valence-electron chi connectivity index (χ4n) is 3.26. The highest BCUT2D eigenvalue weighted by Crippen LogP contribution is 2.45. The van der Waals surface area contributed by atoms with E-state index < -0.39 is 23.9 Å². The Kier molecular flexibility index (Phi) is 4.00. The maximum atomic E-state index is 13.4. The van der Waals surface area contributed by atoms with Crippen LogP contribution in [0.4, 0.5) is 24.0 Å². The summed E-state index contributed by atoms with van der Waals surface area (Å²) in [4.78, 5) is 8.43. The van der Waals surface area contributed by atoms with Crippen LogP contribution in [0.3, 0.4) is 0 Å². The number of aliphatic imine (C=N–C) groups is 1. The zero-order valence-electron chi connectivity index (χ0n) is 13.6. The summed E-state index contributed by atoms with van der Waals surface area (Å²) < 4.78 is 46.0. The van der Waals surface area contributed by atoms with Crippen molar-refractivity contribution in [3.8, 4) is 0 Å². The van der Waals surface area contributed by atoms with Gasteiger partial charge < -0.3 is 4.74 Å². The average molecular weight is 381 g/mol. The average Bonchev–Trinajstić information content (AvgIpc) is 3.22. The Bertz CT molecular complexity index is 893. The molecule has 2 unspecified atom stereocenters. The second kappa shape index (κ2) is 6.10. The summed E-state index contributed by atoms with van der Waals surface area (Å²) in [5.41, 5.74) is -0.332. The molecule has 0 radical (unpaired) electrons. The maximum absolute atomic E-state index is 13.4. The lowest BCUT2D eigenvalue weighted by Gasteiger charge is -2.33. The van der Waals surface area contributed by atoms with E-state index in [9.17, 15) is 18.4 Å². The molecule has 4 rings (SSSR count). The van der Waals surface area contributed by atoms with E-state index in [1.54, 1.807) is 17.7 Å². The van der Waals surface area contributed by atoms with E-state index in [-0.39, 0.29) is 17.1 Å². The van der Waals surface area contributed by atoms with Crippen LogP contribution in [0, 0.1) is 0 Å². The summed E-state index contributed by atoms with van der Waals surface area (Å²) in [6.45, 7) is 1.84. The molecule has 0 saturated carbocycles. The van der Waals surface area contributed by atoms with Crippen LogP contribution in [0.5, 0.6) is 0 Å². The van der Waals surface area contributed by atoms with Gasteiger partial charge in [0.25, 0.3) is 0 Å². The molecule has 0 aliphatic carbocycles. The molecule has 1 N–H and O–H groups in total. The number of ether oxygens (including phenoxy) is 1. The number of alkyl halides is 3. The molecule has 1 fully saturated rings. The molecule has 2 aliphatic rings. The van der Waals surface area contributed by atoms with Crippen LogP contribution in [0.2, 0.25) is 0 Å². The summed E-state index contributed by atoms with van der Waals surface area (Å²) >= 11 is 1.32. The third-order valence-corrected chi connectivity index (χ3v) is 5.04. The minimum atomic E-state index is -4.57. The minimum absolute atomic E-state index is 0.258. The van der Waals surface area contributed by atoms with Gasteiger partial charge >= 0.3 is 6.18 Å². The first-order chi connectivity index (χ1) is 12.4. The highest BCUT2D eigenvalue weighted by atomic mass is 32.1. The standard InChI is InChI=1S/C17H14F3N3O2S/c1-2-12-14-10(15(25-12)22-16-21-6-7-26-16)8-9-4-3-5-11(17(18,19)20)13(9)23(14)24/h3-8,12,14,24H,2H2,1H3/b22-15+. The molecule has 9 heteroatoms. The number of thiazole rings is 1. The van der Waals surface area contributed by atoms with Crippen molar-refractivity contribution >= 4 is 34.1 Å². The number of halogens is 3. The smallest absolute Gasteiger partial charge is 0.418 e. The molecule has 26 heavy (non-hydrogen) atoms. The van der Waals surface area contributed by atoms with Gasteiger partial charge in [-0.15, -0.1) is 11.3 Å². The number of para-hydroxylation sites is 1. The van der Waals surface area contributed by atoms with E-state index in [2.05, 4.69) is 9.98 Å². The van der Waals surface area contributed by atoms with Crippen LogP contribution in [0.15, 0.2) is 40.3 Å². The van der Waals surface area contributed by atoms with E-state index in [0.717, 1.165) is 6.07 Å². The molecule has 2 aromatic rings. The van der Waals surface area contributed by atoms with Gasteiger partial charge in [0.05, 0.1) is 11.3 Å². The Balaban J connectivity index is 1.87. The summed E-state index contributed by atoms with van der Waals surface area (Å²) in [5, 5.41) is 13.6. The van der Waals surface area contributed by atoms with Crippen molar-refractivity contribution in [3.05, 3.63) is 46.5 Å². The minimum Gasteiger partial charge on any atom is -0.471 e. The van der Waals surface area contributed by atoms with Gasteiger partial charge in [-0.05, 0) is 18.6 Å². The van der Waals surface area contributed by atoms with E-state index in [0.29, 0.717) is 22.2 Å². The number of nitrogens with zero attached hydrogens (tertiary/aromatic N) is 3. The predicted octanol–water partition coefficient (Wildman–Crippen LogP) is 4.66.